The molecule has 1 aliphatic heterocycles. The van der Waals surface area contributed by atoms with Gasteiger partial charge < -0.3 is 4.74 Å². The van der Waals surface area contributed by atoms with E-state index >= 15 is 0 Å². The second-order valence-corrected chi connectivity index (χ2v) is 7.81. The summed E-state index contributed by atoms with van der Waals surface area (Å²) >= 11 is 0. The van der Waals surface area contributed by atoms with Crippen LogP contribution in [0.15, 0.2) is 60.9 Å². The van der Waals surface area contributed by atoms with Crippen LogP contribution in [0.2, 0.25) is 0 Å². The van der Waals surface area contributed by atoms with Crippen LogP contribution in [0.25, 0.3) is 22.6 Å². The van der Waals surface area contributed by atoms with Crippen LogP contribution in [0.3, 0.4) is 0 Å². The van der Waals surface area contributed by atoms with E-state index in [0.717, 1.165) is 38.7 Å². The number of nitro groups is 1. The maximum Gasteiger partial charge on any atom is 0.270 e. The lowest BCUT2D eigenvalue weighted by Gasteiger charge is -2.12. The van der Waals surface area contributed by atoms with Crippen molar-refractivity contribution in [3.05, 3.63) is 93.3 Å². The molecular weight excluding hydrogens is 392 g/mol. The van der Waals surface area contributed by atoms with Crippen molar-refractivity contribution in [3.8, 4) is 5.88 Å². The molecule has 0 aliphatic carbocycles. The van der Waals surface area contributed by atoms with Crippen LogP contribution in [0.5, 0.6) is 5.88 Å². The summed E-state index contributed by atoms with van der Waals surface area (Å²) in [6.45, 7) is 4.58. The second-order valence-electron chi connectivity index (χ2n) is 7.81. The highest BCUT2D eigenvalue weighted by Gasteiger charge is 2.22. The summed E-state index contributed by atoms with van der Waals surface area (Å²) in [6.07, 6.45) is 5.53. The molecule has 7 heteroatoms. The summed E-state index contributed by atoms with van der Waals surface area (Å²) in [5.74, 6) is 0.546. The lowest BCUT2D eigenvalue weighted by molar-refractivity contribution is -0.384. The molecule has 0 saturated heterocycles. The Kier molecular flexibility index (Phi) is 4.51. The van der Waals surface area contributed by atoms with E-state index in [-0.39, 0.29) is 16.7 Å². The monoisotopic (exact) mass is 412 g/mol. The van der Waals surface area contributed by atoms with Gasteiger partial charge in [0.2, 0.25) is 5.88 Å². The van der Waals surface area contributed by atoms with Crippen molar-refractivity contribution in [1.82, 2.24) is 14.8 Å². The van der Waals surface area contributed by atoms with E-state index in [1.807, 2.05) is 35.2 Å². The molecule has 2 aromatic heterocycles. The first kappa shape index (κ1) is 19.0. The minimum Gasteiger partial charge on any atom is -0.472 e. The smallest absolute Gasteiger partial charge is 0.270 e. The molecule has 0 atom stereocenters. The SMILES string of the molecule is CC(C)n1ncc2cc3c(cc21)COc1ncccc1/C3=C\c1cccc([N+](=O)[O-])c1. The lowest BCUT2D eigenvalue weighted by Crippen LogP contribution is -2.03. The van der Waals surface area contributed by atoms with Crippen LogP contribution in [0.4, 0.5) is 5.69 Å². The Labute approximate surface area is 178 Å². The number of non-ortho nitro benzene ring substituents is 1. The van der Waals surface area contributed by atoms with Gasteiger partial charge in [0.05, 0.1) is 16.6 Å². The Hall–Kier alpha value is -4.00. The Bertz CT molecular complexity index is 1350. The Morgan fingerprint density at radius 1 is 1.16 bits per heavy atom. The molecular formula is C24H20N4O3. The molecule has 0 radical (unpaired) electrons. The van der Waals surface area contributed by atoms with Crippen molar-refractivity contribution in [1.29, 1.82) is 0 Å². The zero-order valence-corrected chi connectivity index (χ0v) is 17.1. The van der Waals surface area contributed by atoms with Gasteiger partial charge in [-0.05, 0) is 66.5 Å². The van der Waals surface area contributed by atoms with Crippen LogP contribution in [-0.2, 0) is 6.61 Å². The van der Waals surface area contributed by atoms with Gasteiger partial charge in [-0.3, -0.25) is 14.8 Å². The van der Waals surface area contributed by atoms with Gasteiger partial charge in [0.25, 0.3) is 5.69 Å². The van der Waals surface area contributed by atoms with E-state index in [0.29, 0.717) is 12.5 Å². The van der Waals surface area contributed by atoms with E-state index in [1.165, 1.54) is 6.07 Å². The first-order valence-corrected chi connectivity index (χ1v) is 10.1. The summed E-state index contributed by atoms with van der Waals surface area (Å²) in [5.41, 5.74) is 5.63. The molecule has 7 nitrogen and oxygen atoms in total. The first-order chi connectivity index (χ1) is 15.0. The average molecular weight is 412 g/mol. The molecule has 0 fully saturated rings. The normalized spacial score (nSPS) is 14.2. The molecule has 0 amide bonds. The van der Waals surface area contributed by atoms with Gasteiger partial charge in [-0.1, -0.05) is 12.1 Å². The van der Waals surface area contributed by atoms with Gasteiger partial charge in [-0.15, -0.1) is 0 Å². The number of aromatic nitrogens is 3. The van der Waals surface area contributed by atoms with Gasteiger partial charge in [0, 0.05) is 35.3 Å². The Morgan fingerprint density at radius 2 is 2.03 bits per heavy atom. The molecule has 2 aromatic carbocycles. The average Bonchev–Trinajstić information content (AvgIpc) is 3.12. The number of benzene rings is 2. The summed E-state index contributed by atoms with van der Waals surface area (Å²) in [6, 6.07) is 14.9. The Balaban J connectivity index is 1.76. The van der Waals surface area contributed by atoms with Crippen molar-refractivity contribution in [2.45, 2.75) is 26.5 Å². The van der Waals surface area contributed by atoms with Gasteiger partial charge >= 0.3 is 0 Å². The molecule has 154 valence electrons. The zero-order chi connectivity index (χ0) is 21.5. The molecule has 0 bridgehead atoms. The van der Waals surface area contributed by atoms with Crippen LogP contribution in [0.1, 0.15) is 42.1 Å². The van der Waals surface area contributed by atoms with E-state index in [4.69, 9.17) is 4.74 Å². The minimum absolute atomic E-state index is 0.0551. The highest BCUT2D eigenvalue weighted by atomic mass is 16.6. The molecule has 0 spiro atoms. The number of pyridine rings is 1. The van der Waals surface area contributed by atoms with Crippen molar-refractivity contribution < 1.29 is 9.66 Å². The number of ether oxygens (including phenoxy) is 1. The van der Waals surface area contributed by atoms with Crippen molar-refractivity contribution >= 4 is 28.2 Å². The van der Waals surface area contributed by atoms with E-state index in [9.17, 15) is 10.1 Å². The maximum atomic E-state index is 11.2. The topological polar surface area (TPSA) is 83.1 Å². The van der Waals surface area contributed by atoms with Gasteiger partial charge in [-0.2, -0.15) is 5.10 Å². The number of rotatable bonds is 3. The quantitative estimate of drug-likeness (QED) is 0.332. The lowest BCUT2D eigenvalue weighted by atomic mass is 9.92. The van der Waals surface area contributed by atoms with E-state index in [2.05, 4.69) is 36.1 Å². The number of nitro benzene ring substituents is 1. The fourth-order valence-corrected chi connectivity index (χ4v) is 3.97. The van der Waals surface area contributed by atoms with Crippen molar-refractivity contribution in [2.24, 2.45) is 0 Å². The summed E-state index contributed by atoms with van der Waals surface area (Å²) in [4.78, 5) is 15.3. The molecule has 0 N–H and O–H groups in total. The minimum atomic E-state index is -0.383. The van der Waals surface area contributed by atoms with Gasteiger partial charge in [0.15, 0.2) is 0 Å². The first-order valence-electron chi connectivity index (χ1n) is 10.1. The fourth-order valence-electron chi connectivity index (χ4n) is 3.97. The van der Waals surface area contributed by atoms with Crippen LogP contribution in [0, 0.1) is 10.1 Å². The number of hydrogen-bond donors (Lipinski definition) is 0. The summed E-state index contributed by atoms with van der Waals surface area (Å²) in [7, 11) is 0. The third kappa shape index (κ3) is 3.34. The largest absolute Gasteiger partial charge is 0.472 e. The third-order valence-corrected chi connectivity index (χ3v) is 5.42. The van der Waals surface area contributed by atoms with E-state index < -0.39 is 0 Å². The Morgan fingerprint density at radius 3 is 2.84 bits per heavy atom. The van der Waals surface area contributed by atoms with Gasteiger partial charge in [-0.25, -0.2) is 4.98 Å². The number of hydrogen-bond acceptors (Lipinski definition) is 5. The summed E-state index contributed by atoms with van der Waals surface area (Å²) in [5, 5.41) is 16.8. The molecule has 31 heavy (non-hydrogen) atoms. The molecule has 4 aromatic rings. The third-order valence-electron chi connectivity index (χ3n) is 5.42. The molecule has 5 rings (SSSR count). The molecule has 3 heterocycles. The number of nitrogens with zero attached hydrogens (tertiary/aromatic N) is 4. The van der Waals surface area contributed by atoms with Gasteiger partial charge in [0.1, 0.15) is 6.61 Å². The predicted molar refractivity (Wildman–Crippen MR) is 119 cm³/mol. The highest BCUT2D eigenvalue weighted by molar-refractivity contribution is 5.97. The maximum absolute atomic E-state index is 11.2. The van der Waals surface area contributed by atoms with Crippen molar-refractivity contribution in [2.75, 3.05) is 0 Å². The fraction of sp³-hybridized carbons (Fsp3) is 0.167. The standard InChI is InChI=1S/C24H20N4O3/c1-15(2)27-23-12-18-14-31-24-20(7-4-8-25-24)22(21(18)11-17(23)13-26-27)10-16-5-3-6-19(9-16)28(29)30/h3-13,15H,14H2,1-2H3/b22-10+. The zero-order valence-electron chi connectivity index (χ0n) is 17.1. The van der Waals surface area contributed by atoms with Crippen LogP contribution in [-0.4, -0.2) is 19.7 Å². The van der Waals surface area contributed by atoms with E-state index in [1.54, 1.807) is 18.3 Å². The number of fused-ring (bicyclic) bond motifs is 3. The molecule has 0 unspecified atom stereocenters. The molecule has 1 aliphatic rings. The predicted octanol–water partition coefficient (Wildman–Crippen LogP) is 5.40. The highest BCUT2D eigenvalue weighted by Crippen LogP contribution is 2.38. The van der Waals surface area contributed by atoms with Crippen molar-refractivity contribution in [3.63, 3.8) is 0 Å². The van der Waals surface area contributed by atoms with Crippen LogP contribution >= 0.6 is 0 Å². The summed E-state index contributed by atoms with van der Waals surface area (Å²) < 4.78 is 8.04. The molecule has 0 saturated carbocycles. The second kappa shape index (κ2) is 7.36. The van der Waals surface area contributed by atoms with Crippen LogP contribution < -0.4 is 4.74 Å².